The van der Waals surface area contributed by atoms with E-state index in [0.29, 0.717) is 28.7 Å². The van der Waals surface area contributed by atoms with E-state index >= 15 is 0 Å². The second-order valence-electron chi connectivity index (χ2n) is 6.16. The van der Waals surface area contributed by atoms with Crippen molar-refractivity contribution in [2.45, 2.75) is 12.8 Å². The van der Waals surface area contributed by atoms with Crippen molar-refractivity contribution in [1.82, 2.24) is 5.32 Å². The fourth-order valence-corrected chi connectivity index (χ4v) is 3.47. The highest BCUT2D eigenvalue weighted by Gasteiger charge is 2.35. The van der Waals surface area contributed by atoms with Crippen LogP contribution < -0.4 is 10.2 Å². The molecule has 0 saturated carbocycles. The number of halogens is 3. The minimum absolute atomic E-state index is 0.115. The Labute approximate surface area is 160 Å². The molecule has 1 saturated heterocycles. The molecule has 0 radical (unpaired) electrons. The zero-order valence-electron chi connectivity index (χ0n) is 13.8. The molecule has 2 aromatic carbocycles. The van der Waals surface area contributed by atoms with Gasteiger partial charge in [-0.1, -0.05) is 35.3 Å². The smallest absolute Gasteiger partial charge is 0.227 e. The molecule has 0 aliphatic carbocycles. The summed E-state index contributed by atoms with van der Waals surface area (Å²) in [6.45, 7) is 0.653. The molecule has 3 rings (SSSR count). The van der Waals surface area contributed by atoms with Gasteiger partial charge < -0.3 is 10.2 Å². The van der Waals surface area contributed by atoms with Crippen molar-refractivity contribution in [3.8, 4) is 0 Å². The van der Waals surface area contributed by atoms with Crippen molar-refractivity contribution in [1.29, 1.82) is 0 Å². The van der Waals surface area contributed by atoms with Gasteiger partial charge in [-0.2, -0.15) is 0 Å². The number of hydrogen-bond donors (Lipinski definition) is 1. The molecule has 1 fully saturated rings. The first-order valence-corrected chi connectivity index (χ1v) is 8.97. The molecule has 26 heavy (non-hydrogen) atoms. The van der Waals surface area contributed by atoms with E-state index in [0.717, 1.165) is 5.56 Å². The predicted octanol–water partition coefficient (Wildman–Crippen LogP) is 3.84. The zero-order chi connectivity index (χ0) is 18.7. The van der Waals surface area contributed by atoms with Crippen molar-refractivity contribution < 1.29 is 14.0 Å². The second kappa shape index (κ2) is 8.06. The maximum atomic E-state index is 13.4. The van der Waals surface area contributed by atoms with Crippen molar-refractivity contribution in [3.05, 3.63) is 63.9 Å². The van der Waals surface area contributed by atoms with Gasteiger partial charge in [0.1, 0.15) is 5.82 Å². The number of nitrogens with one attached hydrogen (secondary N) is 1. The first-order valence-electron chi connectivity index (χ1n) is 8.21. The van der Waals surface area contributed by atoms with Gasteiger partial charge in [0.05, 0.1) is 5.92 Å². The van der Waals surface area contributed by atoms with E-state index < -0.39 is 11.7 Å². The topological polar surface area (TPSA) is 49.4 Å². The van der Waals surface area contributed by atoms with E-state index in [4.69, 9.17) is 23.2 Å². The Kier molecular flexibility index (Phi) is 5.79. The monoisotopic (exact) mass is 394 g/mol. The van der Waals surface area contributed by atoms with Crippen LogP contribution in [0.1, 0.15) is 12.0 Å². The van der Waals surface area contributed by atoms with Crippen molar-refractivity contribution in [3.63, 3.8) is 0 Å². The largest absolute Gasteiger partial charge is 0.355 e. The Morgan fingerprint density at radius 3 is 2.77 bits per heavy atom. The molecular weight excluding hydrogens is 378 g/mol. The number of nitrogens with zero attached hydrogens (tertiary/aromatic N) is 1. The number of anilines is 1. The summed E-state index contributed by atoms with van der Waals surface area (Å²) in [6, 6.07) is 11.0. The molecule has 7 heteroatoms. The van der Waals surface area contributed by atoms with Gasteiger partial charge in [-0.05, 0) is 42.3 Å². The molecule has 1 N–H and O–H groups in total. The maximum Gasteiger partial charge on any atom is 0.227 e. The third-order valence-corrected chi connectivity index (χ3v) is 4.91. The fourth-order valence-electron chi connectivity index (χ4n) is 2.97. The second-order valence-corrected chi connectivity index (χ2v) is 7.01. The van der Waals surface area contributed by atoms with E-state index in [-0.39, 0.29) is 24.8 Å². The van der Waals surface area contributed by atoms with Crippen LogP contribution in [-0.2, 0) is 16.0 Å². The first kappa shape index (κ1) is 18.7. The van der Waals surface area contributed by atoms with E-state index in [1.54, 1.807) is 24.3 Å². The summed E-state index contributed by atoms with van der Waals surface area (Å²) < 4.78 is 13.4. The lowest BCUT2D eigenvalue weighted by Crippen LogP contribution is -2.34. The Bertz CT molecular complexity index is 844. The summed E-state index contributed by atoms with van der Waals surface area (Å²) in [5.41, 5.74) is 1.36. The van der Waals surface area contributed by atoms with Crippen LogP contribution in [0.5, 0.6) is 0 Å². The molecule has 2 aromatic rings. The van der Waals surface area contributed by atoms with Gasteiger partial charge in [-0.25, -0.2) is 4.39 Å². The molecular formula is C19H17Cl2FN2O2. The molecule has 1 aliphatic rings. The van der Waals surface area contributed by atoms with Crippen LogP contribution in [0.2, 0.25) is 10.0 Å². The Morgan fingerprint density at radius 2 is 2.04 bits per heavy atom. The fraction of sp³-hybridized carbons (Fsp3) is 0.263. The number of rotatable bonds is 5. The highest BCUT2D eigenvalue weighted by atomic mass is 35.5. The molecule has 136 valence electrons. The van der Waals surface area contributed by atoms with E-state index in [1.165, 1.54) is 17.0 Å². The summed E-state index contributed by atoms with van der Waals surface area (Å²) >= 11 is 12.0. The van der Waals surface area contributed by atoms with E-state index in [9.17, 15) is 14.0 Å². The molecule has 1 heterocycles. The average Bonchev–Trinajstić information content (AvgIpc) is 2.99. The quantitative estimate of drug-likeness (QED) is 0.837. The molecule has 0 spiro atoms. The van der Waals surface area contributed by atoms with Gasteiger partial charge in [-0.15, -0.1) is 0 Å². The van der Waals surface area contributed by atoms with Gasteiger partial charge in [0.2, 0.25) is 11.8 Å². The lowest BCUT2D eigenvalue weighted by atomic mass is 10.1. The maximum absolute atomic E-state index is 13.4. The lowest BCUT2D eigenvalue weighted by molar-refractivity contribution is -0.126. The Balaban J connectivity index is 1.55. The van der Waals surface area contributed by atoms with E-state index in [2.05, 4.69) is 5.32 Å². The first-order chi connectivity index (χ1) is 12.4. The number of benzene rings is 2. The predicted molar refractivity (Wildman–Crippen MR) is 100 cm³/mol. The summed E-state index contributed by atoms with van der Waals surface area (Å²) in [6.07, 6.45) is 0.681. The minimum atomic E-state index is -0.452. The highest BCUT2D eigenvalue weighted by Crippen LogP contribution is 2.26. The molecule has 1 atom stereocenters. The summed E-state index contributed by atoms with van der Waals surface area (Å²) in [7, 11) is 0. The van der Waals surface area contributed by atoms with Crippen LogP contribution >= 0.6 is 23.2 Å². The minimum Gasteiger partial charge on any atom is -0.355 e. The molecule has 1 unspecified atom stereocenters. The molecule has 1 aliphatic heterocycles. The van der Waals surface area contributed by atoms with Crippen LogP contribution in [0.25, 0.3) is 0 Å². The Hall–Kier alpha value is -2.11. The van der Waals surface area contributed by atoms with Crippen molar-refractivity contribution in [2.75, 3.05) is 18.0 Å². The van der Waals surface area contributed by atoms with Crippen LogP contribution in [0, 0.1) is 11.7 Å². The van der Waals surface area contributed by atoms with Crippen LogP contribution in [-0.4, -0.2) is 24.9 Å². The average molecular weight is 395 g/mol. The standard InChI is InChI=1S/C19H17Cl2FN2O2/c20-14-5-4-12(17(21)9-14)6-7-23-19(26)13-8-18(25)24(11-13)16-3-1-2-15(22)10-16/h1-5,9-10,13H,6-8,11H2,(H,23,26). The van der Waals surface area contributed by atoms with Crippen LogP contribution in [0.3, 0.4) is 0 Å². The molecule has 0 aromatic heterocycles. The third-order valence-electron chi connectivity index (χ3n) is 4.32. The summed E-state index contributed by atoms with van der Waals surface area (Å²) in [5, 5.41) is 3.95. The van der Waals surface area contributed by atoms with E-state index in [1.807, 2.05) is 6.07 Å². The van der Waals surface area contributed by atoms with Gasteiger partial charge in [-0.3, -0.25) is 9.59 Å². The van der Waals surface area contributed by atoms with Crippen molar-refractivity contribution >= 4 is 40.7 Å². The van der Waals surface area contributed by atoms with Crippen molar-refractivity contribution in [2.24, 2.45) is 5.92 Å². The van der Waals surface area contributed by atoms with Gasteiger partial charge in [0, 0.05) is 35.2 Å². The summed E-state index contributed by atoms with van der Waals surface area (Å²) in [4.78, 5) is 26.0. The molecule has 2 amide bonds. The molecule has 4 nitrogen and oxygen atoms in total. The SMILES string of the molecule is O=C(NCCc1ccc(Cl)cc1Cl)C1CC(=O)N(c2cccc(F)c2)C1. The zero-order valence-corrected chi connectivity index (χ0v) is 15.4. The number of carbonyl (C=O) groups is 2. The third kappa shape index (κ3) is 4.34. The number of hydrogen-bond acceptors (Lipinski definition) is 2. The normalized spacial score (nSPS) is 16.8. The lowest BCUT2D eigenvalue weighted by Gasteiger charge is -2.16. The number of amides is 2. The van der Waals surface area contributed by atoms with Crippen LogP contribution in [0.15, 0.2) is 42.5 Å². The van der Waals surface area contributed by atoms with Gasteiger partial charge >= 0.3 is 0 Å². The molecule has 0 bridgehead atoms. The van der Waals surface area contributed by atoms with Gasteiger partial charge in [0.15, 0.2) is 0 Å². The summed E-state index contributed by atoms with van der Waals surface area (Å²) in [5.74, 6) is -1.24. The number of carbonyl (C=O) groups excluding carboxylic acids is 2. The highest BCUT2D eigenvalue weighted by molar-refractivity contribution is 6.35. The Morgan fingerprint density at radius 1 is 1.23 bits per heavy atom. The van der Waals surface area contributed by atoms with Crippen LogP contribution in [0.4, 0.5) is 10.1 Å². The van der Waals surface area contributed by atoms with Gasteiger partial charge in [0.25, 0.3) is 0 Å².